The van der Waals surface area contributed by atoms with E-state index in [0.29, 0.717) is 6.04 Å². The second-order valence-corrected chi connectivity index (χ2v) is 3.46. The fraction of sp³-hybridized carbons (Fsp3) is 0.500. The van der Waals surface area contributed by atoms with Crippen molar-refractivity contribution >= 4 is 0 Å². The van der Waals surface area contributed by atoms with Crippen molar-refractivity contribution in [2.75, 3.05) is 6.61 Å². The predicted octanol–water partition coefficient (Wildman–Crippen LogP) is 1.53. The lowest BCUT2D eigenvalue weighted by atomic mass is 9.95. The Morgan fingerprint density at radius 3 is 3.08 bits per heavy atom. The Bertz CT molecular complexity index is 290. The van der Waals surface area contributed by atoms with Crippen molar-refractivity contribution in [2.45, 2.75) is 25.3 Å². The van der Waals surface area contributed by atoms with E-state index in [0.717, 1.165) is 19.3 Å². The molecule has 3 nitrogen and oxygen atoms in total. The number of hydrogen-bond donors (Lipinski definition) is 1. The van der Waals surface area contributed by atoms with Crippen LogP contribution >= 0.6 is 0 Å². The molecule has 1 aliphatic rings. The molecule has 0 aliphatic heterocycles. The van der Waals surface area contributed by atoms with Crippen LogP contribution in [0.3, 0.4) is 0 Å². The SMILES string of the molecule is OCC1=CCC(n2ccnc2)CC1. The summed E-state index contributed by atoms with van der Waals surface area (Å²) in [7, 11) is 0. The van der Waals surface area contributed by atoms with Crippen molar-refractivity contribution in [3.63, 3.8) is 0 Å². The average Bonchev–Trinajstić information content (AvgIpc) is 2.71. The molecule has 1 atom stereocenters. The van der Waals surface area contributed by atoms with E-state index >= 15 is 0 Å². The fourth-order valence-electron chi connectivity index (χ4n) is 1.77. The quantitative estimate of drug-likeness (QED) is 0.697. The summed E-state index contributed by atoms with van der Waals surface area (Å²) in [6, 6.07) is 0.540. The molecule has 1 aromatic rings. The van der Waals surface area contributed by atoms with Gasteiger partial charge in [0.15, 0.2) is 0 Å². The van der Waals surface area contributed by atoms with Crippen LogP contribution in [0.4, 0.5) is 0 Å². The Morgan fingerprint density at radius 1 is 1.62 bits per heavy atom. The van der Waals surface area contributed by atoms with Gasteiger partial charge in [-0.2, -0.15) is 0 Å². The molecule has 2 rings (SSSR count). The number of aromatic nitrogens is 2. The summed E-state index contributed by atoms with van der Waals surface area (Å²) in [5.41, 5.74) is 1.18. The lowest BCUT2D eigenvalue weighted by Crippen LogP contribution is -2.11. The van der Waals surface area contributed by atoms with Gasteiger partial charge in [-0.25, -0.2) is 4.98 Å². The van der Waals surface area contributed by atoms with Gasteiger partial charge in [-0.05, 0) is 24.8 Å². The Hall–Kier alpha value is -1.09. The maximum absolute atomic E-state index is 8.92. The number of nitrogens with zero attached hydrogens (tertiary/aromatic N) is 2. The van der Waals surface area contributed by atoms with Crippen molar-refractivity contribution in [3.05, 3.63) is 30.4 Å². The molecule has 0 bridgehead atoms. The van der Waals surface area contributed by atoms with Gasteiger partial charge in [-0.1, -0.05) is 6.08 Å². The molecule has 0 saturated carbocycles. The summed E-state index contributed by atoms with van der Waals surface area (Å²) in [6.45, 7) is 0.219. The first-order chi connectivity index (χ1) is 6.40. The summed E-state index contributed by atoms with van der Waals surface area (Å²) in [5.74, 6) is 0. The normalized spacial score (nSPS) is 22.8. The van der Waals surface area contributed by atoms with E-state index in [2.05, 4.69) is 15.6 Å². The monoisotopic (exact) mass is 178 g/mol. The highest BCUT2D eigenvalue weighted by Gasteiger charge is 2.14. The van der Waals surface area contributed by atoms with Crippen LogP contribution in [0.5, 0.6) is 0 Å². The van der Waals surface area contributed by atoms with Gasteiger partial charge in [0, 0.05) is 18.4 Å². The van der Waals surface area contributed by atoms with Gasteiger partial charge in [0.2, 0.25) is 0 Å². The van der Waals surface area contributed by atoms with Gasteiger partial charge in [0.25, 0.3) is 0 Å². The summed E-state index contributed by atoms with van der Waals surface area (Å²) >= 11 is 0. The maximum Gasteiger partial charge on any atom is 0.0948 e. The topological polar surface area (TPSA) is 38.0 Å². The van der Waals surface area contributed by atoms with Gasteiger partial charge in [-0.15, -0.1) is 0 Å². The highest BCUT2D eigenvalue weighted by Crippen LogP contribution is 2.26. The van der Waals surface area contributed by atoms with Crippen LogP contribution in [0.25, 0.3) is 0 Å². The molecular weight excluding hydrogens is 164 g/mol. The minimum absolute atomic E-state index is 0.219. The average molecular weight is 178 g/mol. The molecule has 0 aromatic carbocycles. The Labute approximate surface area is 77.7 Å². The molecule has 0 spiro atoms. The molecule has 0 radical (unpaired) electrons. The number of allylic oxidation sites excluding steroid dienone is 1. The zero-order valence-corrected chi connectivity index (χ0v) is 7.56. The minimum Gasteiger partial charge on any atom is -0.392 e. The van der Waals surface area contributed by atoms with E-state index in [-0.39, 0.29) is 6.61 Å². The summed E-state index contributed by atoms with van der Waals surface area (Å²) in [4.78, 5) is 4.03. The van der Waals surface area contributed by atoms with Gasteiger partial charge < -0.3 is 9.67 Å². The van der Waals surface area contributed by atoms with Crippen molar-refractivity contribution < 1.29 is 5.11 Å². The van der Waals surface area contributed by atoms with E-state index in [1.165, 1.54) is 5.57 Å². The molecular formula is C10H14N2O. The van der Waals surface area contributed by atoms with E-state index in [9.17, 15) is 0 Å². The molecule has 1 unspecified atom stereocenters. The summed E-state index contributed by atoms with van der Waals surface area (Å²) < 4.78 is 2.14. The lowest BCUT2D eigenvalue weighted by Gasteiger charge is -2.22. The second kappa shape index (κ2) is 3.75. The van der Waals surface area contributed by atoms with Crippen LogP contribution in [-0.2, 0) is 0 Å². The Balaban J connectivity index is 2.03. The third-order valence-electron chi connectivity index (χ3n) is 2.63. The predicted molar refractivity (Wildman–Crippen MR) is 50.3 cm³/mol. The van der Waals surface area contributed by atoms with E-state index in [1.54, 1.807) is 0 Å². The molecule has 70 valence electrons. The van der Waals surface area contributed by atoms with E-state index < -0.39 is 0 Å². The molecule has 1 aliphatic carbocycles. The standard InChI is InChI=1S/C10H14N2O/c13-7-9-1-3-10(4-2-9)12-6-5-11-8-12/h1,5-6,8,10,13H,2-4,7H2. The number of hydrogen-bond acceptors (Lipinski definition) is 2. The molecule has 0 fully saturated rings. The molecule has 0 amide bonds. The zero-order valence-electron chi connectivity index (χ0n) is 7.56. The van der Waals surface area contributed by atoms with Gasteiger partial charge in [0.05, 0.1) is 12.9 Å². The van der Waals surface area contributed by atoms with E-state index in [4.69, 9.17) is 5.11 Å². The molecule has 13 heavy (non-hydrogen) atoms. The maximum atomic E-state index is 8.92. The molecule has 1 heterocycles. The Kier molecular flexibility index (Phi) is 2.45. The van der Waals surface area contributed by atoms with Gasteiger partial charge >= 0.3 is 0 Å². The van der Waals surface area contributed by atoms with Crippen molar-refractivity contribution in [1.82, 2.24) is 9.55 Å². The first kappa shape index (κ1) is 8.51. The van der Waals surface area contributed by atoms with Crippen LogP contribution in [-0.4, -0.2) is 21.3 Å². The number of rotatable bonds is 2. The lowest BCUT2D eigenvalue weighted by molar-refractivity contribution is 0.315. The number of imidazole rings is 1. The van der Waals surface area contributed by atoms with Crippen molar-refractivity contribution in [3.8, 4) is 0 Å². The van der Waals surface area contributed by atoms with Gasteiger partial charge in [0.1, 0.15) is 0 Å². The van der Waals surface area contributed by atoms with Crippen LogP contribution in [0.2, 0.25) is 0 Å². The molecule has 1 N–H and O–H groups in total. The summed E-state index contributed by atoms with van der Waals surface area (Å²) in [5, 5.41) is 8.92. The summed E-state index contributed by atoms with van der Waals surface area (Å²) in [6.07, 6.45) is 11.0. The molecule has 0 saturated heterocycles. The van der Waals surface area contributed by atoms with Crippen LogP contribution in [0.15, 0.2) is 30.4 Å². The largest absolute Gasteiger partial charge is 0.392 e. The van der Waals surface area contributed by atoms with Crippen LogP contribution in [0, 0.1) is 0 Å². The highest BCUT2D eigenvalue weighted by molar-refractivity contribution is 5.07. The second-order valence-electron chi connectivity index (χ2n) is 3.46. The first-order valence-electron chi connectivity index (χ1n) is 4.66. The number of aliphatic hydroxyl groups is 1. The third-order valence-corrected chi connectivity index (χ3v) is 2.63. The van der Waals surface area contributed by atoms with Gasteiger partial charge in [-0.3, -0.25) is 0 Å². The third kappa shape index (κ3) is 1.80. The smallest absolute Gasteiger partial charge is 0.0948 e. The Morgan fingerprint density at radius 2 is 2.54 bits per heavy atom. The number of aliphatic hydroxyl groups excluding tert-OH is 1. The zero-order chi connectivity index (χ0) is 9.10. The molecule has 1 aromatic heterocycles. The van der Waals surface area contributed by atoms with Crippen molar-refractivity contribution in [1.29, 1.82) is 0 Å². The highest BCUT2D eigenvalue weighted by atomic mass is 16.3. The van der Waals surface area contributed by atoms with Crippen LogP contribution < -0.4 is 0 Å². The minimum atomic E-state index is 0.219. The van der Waals surface area contributed by atoms with Crippen molar-refractivity contribution in [2.24, 2.45) is 0 Å². The van der Waals surface area contributed by atoms with E-state index in [1.807, 2.05) is 18.7 Å². The van der Waals surface area contributed by atoms with Crippen LogP contribution in [0.1, 0.15) is 25.3 Å². The molecule has 3 heteroatoms. The first-order valence-corrected chi connectivity index (χ1v) is 4.66. The fourth-order valence-corrected chi connectivity index (χ4v) is 1.77.